The molecule has 0 aliphatic rings. The minimum atomic E-state index is -0.00544. The van der Waals surface area contributed by atoms with Gasteiger partial charge in [0.2, 0.25) is 5.91 Å². The van der Waals surface area contributed by atoms with E-state index in [-0.39, 0.29) is 11.9 Å². The van der Waals surface area contributed by atoms with Crippen molar-refractivity contribution >= 4 is 28.6 Å². The van der Waals surface area contributed by atoms with Crippen LogP contribution in [0.15, 0.2) is 22.9 Å². The molecular weight excluding hydrogens is 302 g/mol. The van der Waals surface area contributed by atoms with Gasteiger partial charge in [0.25, 0.3) is 0 Å². The molecule has 21 heavy (non-hydrogen) atoms. The third-order valence-corrected chi connectivity index (χ3v) is 4.96. The lowest BCUT2D eigenvalue weighted by Gasteiger charge is -2.18. The summed E-state index contributed by atoms with van der Waals surface area (Å²) in [5.41, 5.74) is 6.52. The molecule has 4 nitrogen and oxygen atoms in total. The summed E-state index contributed by atoms with van der Waals surface area (Å²) in [5.74, 6) is 0.512. The standard InChI is InChI=1S/C15H21N3OS2/c1-10(2)6-11(8-16)17-14(19)7-12-9-21-15(18-12)13-4-3-5-20-13/h3-5,9-11H,6-8,16H2,1-2H3,(H,17,19). The van der Waals surface area contributed by atoms with Crippen molar-refractivity contribution in [2.24, 2.45) is 11.7 Å². The zero-order valence-corrected chi connectivity index (χ0v) is 14.0. The monoisotopic (exact) mass is 323 g/mol. The van der Waals surface area contributed by atoms with Gasteiger partial charge in [-0.3, -0.25) is 4.79 Å². The summed E-state index contributed by atoms with van der Waals surface area (Å²) < 4.78 is 0. The molecular formula is C15H21N3OS2. The van der Waals surface area contributed by atoms with Gasteiger partial charge in [0.1, 0.15) is 5.01 Å². The van der Waals surface area contributed by atoms with E-state index in [1.165, 1.54) is 0 Å². The molecule has 3 N–H and O–H groups in total. The van der Waals surface area contributed by atoms with Crippen LogP contribution in [0.2, 0.25) is 0 Å². The summed E-state index contributed by atoms with van der Waals surface area (Å²) in [6.45, 7) is 4.73. The fourth-order valence-electron chi connectivity index (χ4n) is 2.13. The van der Waals surface area contributed by atoms with Crippen LogP contribution in [0.5, 0.6) is 0 Å². The number of hydrogen-bond acceptors (Lipinski definition) is 5. The van der Waals surface area contributed by atoms with E-state index >= 15 is 0 Å². The van der Waals surface area contributed by atoms with Crippen molar-refractivity contribution in [1.29, 1.82) is 0 Å². The summed E-state index contributed by atoms with van der Waals surface area (Å²) in [7, 11) is 0. The molecule has 2 heterocycles. The van der Waals surface area contributed by atoms with Crippen molar-refractivity contribution in [3.63, 3.8) is 0 Å². The number of carbonyl (C=O) groups is 1. The number of hydrogen-bond donors (Lipinski definition) is 2. The molecule has 0 aliphatic carbocycles. The average Bonchev–Trinajstić information content (AvgIpc) is 3.07. The van der Waals surface area contributed by atoms with Crippen LogP contribution in [0, 0.1) is 5.92 Å². The zero-order chi connectivity index (χ0) is 15.2. The third kappa shape index (κ3) is 4.91. The summed E-state index contributed by atoms with van der Waals surface area (Å²) in [6.07, 6.45) is 1.22. The molecule has 1 atom stereocenters. The van der Waals surface area contributed by atoms with Gasteiger partial charge >= 0.3 is 0 Å². The molecule has 2 rings (SSSR count). The Bertz CT molecular complexity index is 563. The largest absolute Gasteiger partial charge is 0.352 e. The van der Waals surface area contributed by atoms with Gasteiger partial charge in [0, 0.05) is 18.0 Å². The minimum Gasteiger partial charge on any atom is -0.352 e. The number of nitrogens with zero attached hydrogens (tertiary/aromatic N) is 1. The first-order valence-electron chi connectivity index (χ1n) is 7.06. The topological polar surface area (TPSA) is 68.0 Å². The Morgan fingerprint density at radius 3 is 2.86 bits per heavy atom. The van der Waals surface area contributed by atoms with Crippen LogP contribution in [0.3, 0.4) is 0 Å². The maximum absolute atomic E-state index is 12.1. The van der Waals surface area contributed by atoms with Crippen molar-refractivity contribution in [3.8, 4) is 9.88 Å². The Morgan fingerprint density at radius 2 is 2.24 bits per heavy atom. The Hall–Kier alpha value is -1.24. The number of carbonyl (C=O) groups excluding carboxylic acids is 1. The smallest absolute Gasteiger partial charge is 0.226 e. The van der Waals surface area contributed by atoms with E-state index in [1.54, 1.807) is 22.7 Å². The van der Waals surface area contributed by atoms with Gasteiger partial charge in [-0.15, -0.1) is 22.7 Å². The zero-order valence-electron chi connectivity index (χ0n) is 12.3. The average molecular weight is 323 g/mol. The van der Waals surface area contributed by atoms with Gasteiger partial charge in [-0.25, -0.2) is 4.98 Å². The second-order valence-corrected chi connectivity index (χ2v) is 7.23. The lowest BCUT2D eigenvalue weighted by molar-refractivity contribution is -0.121. The Balaban J connectivity index is 1.91. The fraction of sp³-hybridized carbons (Fsp3) is 0.467. The highest BCUT2D eigenvalue weighted by Crippen LogP contribution is 2.27. The fourth-order valence-corrected chi connectivity index (χ4v) is 3.76. The Morgan fingerprint density at radius 1 is 1.43 bits per heavy atom. The maximum Gasteiger partial charge on any atom is 0.226 e. The lowest BCUT2D eigenvalue weighted by Crippen LogP contribution is -2.41. The molecule has 2 aromatic heterocycles. The van der Waals surface area contributed by atoms with E-state index in [9.17, 15) is 4.79 Å². The summed E-state index contributed by atoms with van der Waals surface area (Å²) in [4.78, 5) is 17.7. The van der Waals surface area contributed by atoms with Crippen molar-refractivity contribution in [2.45, 2.75) is 32.7 Å². The molecule has 1 unspecified atom stereocenters. The first kappa shape index (κ1) is 16.1. The maximum atomic E-state index is 12.1. The molecule has 0 aromatic carbocycles. The van der Waals surface area contributed by atoms with Gasteiger partial charge in [0.15, 0.2) is 0 Å². The Labute approximate surface area is 133 Å². The lowest BCUT2D eigenvalue weighted by atomic mass is 10.0. The number of amides is 1. The van der Waals surface area contributed by atoms with Crippen LogP contribution in [0.25, 0.3) is 9.88 Å². The van der Waals surface area contributed by atoms with E-state index in [0.717, 1.165) is 22.0 Å². The van der Waals surface area contributed by atoms with Crippen molar-refractivity contribution in [1.82, 2.24) is 10.3 Å². The number of rotatable bonds is 7. The second kappa shape index (κ2) is 7.68. The highest BCUT2D eigenvalue weighted by atomic mass is 32.1. The normalized spacial score (nSPS) is 12.6. The molecule has 0 bridgehead atoms. The van der Waals surface area contributed by atoms with Crippen LogP contribution in [-0.2, 0) is 11.2 Å². The molecule has 0 radical (unpaired) electrons. The van der Waals surface area contributed by atoms with E-state index in [1.807, 2.05) is 22.9 Å². The SMILES string of the molecule is CC(C)CC(CN)NC(=O)Cc1csc(-c2cccs2)n1. The first-order chi connectivity index (χ1) is 10.1. The second-order valence-electron chi connectivity index (χ2n) is 5.43. The van der Waals surface area contributed by atoms with E-state index in [0.29, 0.717) is 18.9 Å². The molecule has 0 saturated carbocycles. The molecule has 0 fully saturated rings. The van der Waals surface area contributed by atoms with Crippen LogP contribution < -0.4 is 11.1 Å². The van der Waals surface area contributed by atoms with Crippen LogP contribution >= 0.6 is 22.7 Å². The van der Waals surface area contributed by atoms with Crippen molar-refractivity contribution in [3.05, 3.63) is 28.6 Å². The van der Waals surface area contributed by atoms with Gasteiger partial charge < -0.3 is 11.1 Å². The quantitative estimate of drug-likeness (QED) is 0.823. The van der Waals surface area contributed by atoms with Gasteiger partial charge in [0.05, 0.1) is 17.0 Å². The third-order valence-electron chi connectivity index (χ3n) is 3.03. The van der Waals surface area contributed by atoms with Crippen LogP contribution in [-0.4, -0.2) is 23.5 Å². The van der Waals surface area contributed by atoms with E-state index in [2.05, 4.69) is 24.1 Å². The van der Waals surface area contributed by atoms with Gasteiger partial charge in [-0.05, 0) is 23.8 Å². The van der Waals surface area contributed by atoms with Crippen molar-refractivity contribution in [2.75, 3.05) is 6.54 Å². The minimum absolute atomic E-state index is 0.00544. The predicted molar refractivity (Wildman–Crippen MR) is 89.6 cm³/mol. The van der Waals surface area contributed by atoms with Gasteiger partial charge in [-0.2, -0.15) is 0 Å². The molecule has 2 aromatic rings. The molecule has 0 spiro atoms. The highest BCUT2D eigenvalue weighted by Gasteiger charge is 2.14. The Kier molecular flexibility index (Phi) is 5.90. The number of aromatic nitrogens is 1. The van der Waals surface area contributed by atoms with Crippen molar-refractivity contribution < 1.29 is 4.79 Å². The molecule has 114 valence electrons. The number of nitrogens with one attached hydrogen (secondary N) is 1. The molecule has 0 aliphatic heterocycles. The number of thiazole rings is 1. The highest BCUT2D eigenvalue weighted by molar-refractivity contribution is 7.20. The van der Waals surface area contributed by atoms with Crippen LogP contribution in [0.1, 0.15) is 26.0 Å². The summed E-state index contributed by atoms with van der Waals surface area (Å²) in [5, 5.41) is 7.95. The van der Waals surface area contributed by atoms with E-state index < -0.39 is 0 Å². The van der Waals surface area contributed by atoms with Gasteiger partial charge in [-0.1, -0.05) is 19.9 Å². The molecule has 0 saturated heterocycles. The van der Waals surface area contributed by atoms with E-state index in [4.69, 9.17) is 5.73 Å². The molecule has 1 amide bonds. The number of nitrogens with two attached hydrogens (primary N) is 1. The molecule has 6 heteroatoms. The summed E-state index contributed by atoms with van der Waals surface area (Å²) >= 11 is 3.24. The van der Waals surface area contributed by atoms with Crippen LogP contribution in [0.4, 0.5) is 0 Å². The predicted octanol–water partition coefficient (Wildman–Crippen LogP) is 2.90. The number of thiophene rings is 1. The summed E-state index contributed by atoms with van der Waals surface area (Å²) in [6, 6.07) is 4.10. The first-order valence-corrected chi connectivity index (χ1v) is 8.82.